The fourth-order valence-electron chi connectivity index (χ4n) is 1.69. The van der Waals surface area contributed by atoms with Gasteiger partial charge < -0.3 is 5.73 Å². The summed E-state index contributed by atoms with van der Waals surface area (Å²) >= 11 is 0. The van der Waals surface area contributed by atoms with Crippen LogP contribution in [0.15, 0.2) is 12.4 Å². The Balaban J connectivity index is 2.51. The molecule has 2 rings (SSSR count). The van der Waals surface area contributed by atoms with E-state index in [-0.39, 0.29) is 0 Å². The molecule has 0 spiro atoms. The van der Waals surface area contributed by atoms with Crippen molar-refractivity contribution in [3.63, 3.8) is 0 Å². The standard InChI is InChI=1S/C10H15N5/c1-3-4-8-9(7-5-12-13-6-7)14-15(2)10(8)11/h5-6H,3-4,11H2,1-2H3,(H,12,13). The number of nitrogens with zero attached hydrogens (tertiary/aromatic N) is 3. The summed E-state index contributed by atoms with van der Waals surface area (Å²) in [7, 11) is 1.86. The van der Waals surface area contributed by atoms with Gasteiger partial charge in [0.05, 0.1) is 6.20 Å². The summed E-state index contributed by atoms with van der Waals surface area (Å²) in [4.78, 5) is 0. The molecule has 0 fully saturated rings. The number of aromatic amines is 1. The molecule has 0 amide bonds. The van der Waals surface area contributed by atoms with Gasteiger partial charge in [-0.15, -0.1) is 0 Å². The number of nitrogen functional groups attached to an aromatic ring is 1. The maximum atomic E-state index is 5.97. The molecule has 0 aliphatic rings. The summed E-state index contributed by atoms with van der Waals surface area (Å²) in [6, 6.07) is 0. The van der Waals surface area contributed by atoms with Gasteiger partial charge in [0, 0.05) is 24.4 Å². The zero-order valence-electron chi connectivity index (χ0n) is 8.99. The normalized spacial score (nSPS) is 10.8. The first-order valence-electron chi connectivity index (χ1n) is 5.04. The van der Waals surface area contributed by atoms with Gasteiger partial charge in [0.2, 0.25) is 0 Å². The van der Waals surface area contributed by atoms with Crippen molar-refractivity contribution in [2.45, 2.75) is 19.8 Å². The molecule has 3 N–H and O–H groups in total. The van der Waals surface area contributed by atoms with E-state index in [2.05, 4.69) is 22.2 Å². The second kappa shape index (κ2) is 3.76. The van der Waals surface area contributed by atoms with Crippen LogP contribution in [0.4, 0.5) is 5.82 Å². The van der Waals surface area contributed by atoms with Crippen LogP contribution in [0.3, 0.4) is 0 Å². The fourth-order valence-corrected chi connectivity index (χ4v) is 1.69. The van der Waals surface area contributed by atoms with Gasteiger partial charge in [-0.1, -0.05) is 13.3 Å². The number of rotatable bonds is 3. The summed E-state index contributed by atoms with van der Waals surface area (Å²) < 4.78 is 1.72. The van der Waals surface area contributed by atoms with E-state index < -0.39 is 0 Å². The molecule has 0 radical (unpaired) electrons. The number of aryl methyl sites for hydroxylation is 1. The summed E-state index contributed by atoms with van der Waals surface area (Å²) in [5.74, 6) is 0.744. The highest BCUT2D eigenvalue weighted by molar-refractivity contribution is 5.67. The van der Waals surface area contributed by atoms with Crippen molar-refractivity contribution in [2.24, 2.45) is 7.05 Å². The molecule has 5 nitrogen and oxygen atoms in total. The monoisotopic (exact) mass is 205 g/mol. The van der Waals surface area contributed by atoms with E-state index >= 15 is 0 Å². The highest BCUT2D eigenvalue weighted by atomic mass is 15.3. The molecule has 0 aliphatic carbocycles. The Kier molecular flexibility index (Phi) is 2.45. The first-order valence-corrected chi connectivity index (χ1v) is 5.04. The largest absolute Gasteiger partial charge is 0.384 e. The first-order chi connectivity index (χ1) is 7.24. The van der Waals surface area contributed by atoms with Crippen LogP contribution in [0, 0.1) is 0 Å². The second-order valence-corrected chi connectivity index (χ2v) is 3.57. The number of H-pyrrole nitrogens is 1. The van der Waals surface area contributed by atoms with Gasteiger partial charge in [-0.3, -0.25) is 9.78 Å². The molecular weight excluding hydrogens is 190 g/mol. The zero-order chi connectivity index (χ0) is 10.8. The summed E-state index contributed by atoms with van der Waals surface area (Å²) in [5, 5.41) is 11.1. The minimum atomic E-state index is 0.744. The van der Waals surface area contributed by atoms with Gasteiger partial charge >= 0.3 is 0 Å². The lowest BCUT2D eigenvalue weighted by atomic mass is 10.1. The summed E-state index contributed by atoms with van der Waals surface area (Å²) in [6.07, 6.45) is 5.60. The third kappa shape index (κ3) is 1.60. The average Bonchev–Trinajstić information content (AvgIpc) is 2.81. The zero-order valence-corrected chi connectivity index (χ0v) is 8.99. The first kappa shape index (κ1) is 9.76. The molecule has 0 aromatic carbocycles. The van der Waals surface area contributed by atoms with Crippen LogP contribution in [-0.4, -0.2) is 20.0 Å². The number of nitrogens with one attached hydrogen (secondary N) is 1. The minimum Gasteiger partial charge on any atom is -0.384 e. The number of hydrogen-bond donors (Lipinski definition) is 2. The molecule has 0 unspecified atom stereocenters. The van der Waals surface area contributed by atoms with Crippen molar-refractivity contribution < 1.29 is 0 Å². The van der Waals surface area contributed by atoms with Gasteiger partial charge in [0.25, 0.3) is 0 Å². The quantitative estimate of drug-likeness (QED) is 0.794. The smallest absolute Gasteiger partial charge is 0.125 e. The predicted molar refractivity (Wildman–Crippen MR) is 59.2 cm³/mol. The molecule has 0 atom stereocenters. The Labute approximate surface area is 88.3 Å². The van der Waals surface area contributed by atoms with Gasteiger partial charge in [-0.25, -0.2) is 0 Å². The molecule has 0 bridgehead atoms. The third-order valence-corrected chi connectivity index (χ3v) is 2.47. The van der Waals surface area contributed by atoms with Gasteiger partial charge in [-0.2, -0.15) is 10.2 Å². The van der Waals surface area contributed by atoms with Gasteiger partial charge in [0.1, 0.15) is 11.5 Å². The maximum Gasteiger partial charge on any atom is 0.125 e. The molecule has 80 valence electrons. The Morgan fingerprint density at radius 1 is 1.53 bits per heavy atom. The third-order valence-electron chi connectivity index (χ3n) is 2.47. The van der Waals surface area contributed by atoms with E-state index in [1.165, 1.54) is 0 Å². The van der Waals surface area contributed by atoms with Crippen molar-refractivity contribution in [3.8, 4) is 11.3 Å². The maximum absolute atomic E-state index is 5.97. The van der Waals surface area contributed by atoms with E-state index in [0.717, 1.165) is 35.5 Å². The van der Waals surface area contributed by atoms with Crippen molar-refractivity contribution in [3.05, 3.63) is 18.0 Å². The molecule has 15 heavy (non-hydrogen) atoms. The van der Waals surface area contributed by atoms with Crippen molar-refractivity contribution in [1.29, 1.82) is 0 Å². The molecule has 2 aromatic rings. The lowest BCUT2D eigenvalue weighted by Crippen LogP contribution is -1.99. The summed E-state index contributed by atoms with van der Waals surface area (Å²) in [6.45, 7) is 2.13. The van der Waals surface area contributed by atoms with Crippen molar-refractivity contribution >= 4 is 5.82 Å². The van der Waals surface area contributed by atoms with E-state index in [4.69, 9.17) is 5.73 Å². The Morgan fingerprint density at radius 2 is 2.33 bits per heavy atom. The van der Waals surface area contributed by atoms with E-state index in [0.29, 0.717) is 0 Å². The van der Waals surface area contributed by atoms with Crippen LogP contribution in [0.2, 0.25) is 0 Å². The number of nitrogens with two attached hydrogens (primary N) is 1. The van der Waals surface area contributed by atoms with Crippen LogP contribution in [-0.2, 0) is 13.5 Å². The number of aromatic nitrogens is 4. The average molecular weight is 205 g/mol. The molecule has 0 saturated carbocycles. The SMILES string of the molecule is CCCc1c(-c2cn[nH]c2)nn(C)c1N. The predicted octanol–water partition coefficient (Wildman–Crippen LogP) is 1.34. The van der Waals surface area contributed by atoms with Crippen molar-refractivity contribution in [2.75, 3.05) is 5.73 Å². The molecule has 2 heterocycles. The lowest BCUT2D eigenvalue weighted by Gasteiger charge is -1.99. The highest BCUT2D eigenvalue weighted by Crippen LogP contribution is 2.26. The minimum absolute atomic E-state index is 0.744. The second-order valence-electron chi connectivity index (χ2n) is 3.57. The van der Waals surface area contributed by atoms with Crippen LogP contribution < -0.4 is 5.73 Å². The highest BCUT2D eigenvalue weighted by Gasteiger charge is 2.14. The molecule has 0 aliphatic heterocycles. The van der Waals surface area contributed by atoms with E-state index in [1.54, 1.807) is 10.9 Å². The Bertz CT molecular complexity index is 441. The summed E-state index contributed by atoms with van der Waals surface area (Å²) in [5.41, 5.74) is 9.01. The van der Waals surface area contributed by atoms with Crippen LogP contribution >= 0.6 is 0 Å². The topological polar surface area (TPSA) is 72.5 Å². The van der Waals surface area contributed by atoms with Gasteiger partial charge in [0.15, 0.2) is 0 Å². The number of anilines is 1. The van der Waals surface area contributed by atoms with Crippen LogP contribution in [0.25, 0.3) is 11.3 Å². The molecule has 0 saturated heterocycles. The Hall–Kier alpha value is -1.78. The lowest BCUT2D eigenvalue weighted by molar-refractivity contribution is 0.781. The van der Waals surface area contributed by atoms with Crippen LogP contribution in [0.1, 0.15) is 18.9 Å². The Morgan fingerprint density at radius 3 is 2.93 bits per heavy atom. The fraction of sp³-hybridized carbons (Fsp3) is 0.400. The van der Waals surface area contributed by atoms with Gasteiger partial charge in [-0.05, 0) is 6.42 Å². The van der Waals surface area contributed by atoms with Crippen LogP contribution in [0.5, 0.6) is 0 Å². The van der Waals surface area contributed by atoms with E-state index in [9.17, 15) is 0 Å². The molecule has 2 aromatic heterocycles. The molecular formula is C10H15N5. The number of hydrogen-bond acceptors (Lipinski definition) is 3. The van der Waals surface area contributed by atoms with Crippen molar-refractivity contribution in [1.82, 2.24) is 20.0 Å². The van der Waals surface area contributed by atoms with E-state index in [1.807, 2.05) is 13.2 Å². The molecule has 5 heteroatoms.